The molecule has 2 heterocycles. The molecule has 1 aromatic rings. The summed E-state index contributed by atoms with van der Waals surface area (Å²) in [6.45, 7) is 2.08. The van der Waals surface area contributed by atoms with Gasteiger partial charge in [-0.3, -0.25) is 4.79 Å². The first kappa shape index (κ1) is 16.2. The third-order valence-electron chi connectivity index (χ3n) is 5.48. The molecule has 0 aromatic heterocycles. The van der Waals surface area contributed by atoms with Crippen molar-refractivity contribution in [3.63, 3.8) is 0 Å². The van der Waals surface area contributed by atoms with Crippen molar-refractivity contribution in [3.8, 4) is 5.75 Å². The van der Waals surface area contributed by atoms with E-state index in [0.717, 1.165) is 31.9 Å². The molecule has 126 valence electrons. The lowest BCUT2D eigenvalue weighted by atomic mass is 9.69. The van der Waals surface area contributed by atoms with E-state index < -0.39 is 5.82 Å². The highest BCUT2D eigenvalue weighted by atomic mass is 19.1. The van der Waals surface area contributed by atoms with Gasteiger partial charge in [0.05, 0.1) is 12.2 Å². The highest BCUT2D eigenvalue weighted by Crippen LogP contribution is 2.41. The number of likely N-dealkylation sites (N-methyl/N-ethyl adjacent to an activating group) is 1. The Hall–Kier alpha value is -1.66. The molecule has 1 amide bonds. The van der Waals surface area contributed by atoms with E-state index in [0.29, 0.717) is 13.1 Å². The van der Waals surface area contributed by atoms with Gasteiger partial charge >= 0.3 is 0 Å². The molecular weight excluding hydrogens is 299 g/mol. The minimum atomic E-state index is -0.703. The molecule has 0 unspecified atom stereocenters. The highest BCUT2D eigenvalue weighted by molar-refractivity contribution is 5.94. The Morgan fingerprint density at radius 2 is 2.17 bits per heavy atom. The summed E-state index contributed by atoms with van der Waals surface area (Å²) < 4.78 is 13.9. The van der Waals surface area contributed by atoms with Crippen LogP contribution in [0.3, 0.4) is 0 Å². The van der Waals surface area contributed by atoms with Crippen molar-refractivity contribution in [2.45, 2.75) is 25.3 Å². The van der Waals surface area contributed by atoms with E-state index in [1.165, 1.54) is 12.1 Å². The van der Waals surface area contributed by atoms with E-state index in [-0.39, 0.29) is 35.3 Å². The van der Waals surface area contributed by atoms with Gasteiger partial charge in [0.15, 0.2) is 0 Å². The van der Waals surface area contributed by atoms with Crippen LogP contribution in [0.4, 0.5) is 4.39 Å². The quantitative estimate of drug-likeness (QED) is 0.865. The van der Waals surface area contributed by atoms with Gasteiger partial charge in [-0.25, -0.2) is 4.39 Å². The van der Waals surface area contributed by atoms with Gasteiger partial charge in [0, 0.05) is 30.6 Å². The number of hydrogen-bond acceptors (Lipinski definition) is 4. The lowest BCUT2D eigenvalue weighted by molar-refractivity contribution is -0.0601. The minimum Gasteiger partial charge on any atom is -0.508 e. The predicted molar refractivity (Wildman–Crippen MR) is 83.8 cm³/mol. The smallest absolute Gasteiger partial charge is 0.256 e. The van der Waals surface area contributed by atoms with Gasteiger partial charge in [0.1, 0.15) is 11.6 Å². The number of halogens is 1. The fraction of sp³-hybridized carbons (Fsp3) is 0.588. The molecule has 6 heteroatoms. The maximum atomic E-state index is 13.9. The summed E-state index contributed by atoms with van der Waals surface area (Å²) in [5, 5.41) is 19.2. The third-order valence-corrected chi connectivity index (χ3v) is 5.48. The van der Waals surface area contributed by atoms with Crippen molar-refractivity contribution in [1.29, 1.82) is 0 Å². The minimum absolute atomic E-state index is 0.0160. The number of likely N-dealkylation sites (tertiary alicyclic amines) is 2. The Labute approximate surface area is 135 Å². The van der Waals surface area contributed by atoms with Crippen LogP contribution in [0, 0.1) is 11.2 Å². The standard InChI is InChI=1S/C17H23FN2O3/c1-19-7-2-5-17(11-21)6-8-20(10-15(17)19)16(23)13-4-3-12(22)9-14(13)18/h3-4,9,15,21-22H,2,5-8,10-11H2,1H3/t15-,17-/m1/s1. The highest BCUT2D eigenvalue weighted by Gasteiger charge is 2.47. The summed E-state index contributed by atoms with van der Waals surface area (Å²) in [6.07, 6.45) is 2.74. The van der Waals surface area contributed by atoms with Gasteiger partial charge in [0.2, 0.25) is 0 Å². The van der Waals surface area contributed by atoms with Crippen LogP contribution in [-0.2, 0) is 0 Å². The molecule has 2 fully saturated rings. The Morgan fingerprint density at radius 3 is 2.87 bits per heavy atom. The summed E-state index contributed by atoms with van der Waals surface area (Å²) in [7, 11) is 2.02. The number of aliphatic hydroxyl groups is 1. The molecule has 0 aliphatic carbocycles. The van der Waals surface area contributed by atoms with E-state index in [2.05, 4.69) is 4.90 Å². The zero-order valence-corrected chi connectivity index (χ0v) is 13.3. The largest absolute Gasteiger partial charge is 0.508 e. The Balaban J connectivity index is 1.81. The number of carbonyl (C=O) groups excluding carboxylic acids is 1. The van der Waals surface area contributed by atoms with Crippen molar-refractivity contribution < 1.29 is 19.4 Å². The molecule has 23 heavy (non-hydrogen) atoms. The zero-order chi connectivity index (χ0) is 16.6. The number of aromatic hydroxyl groups is 1. The number of fused-ring (bicyclic) bond motifs is 1. The van der Waals surface area contributed by atoms with Gasteiger partial charge < -0.3 is 20.0 Å². The molecule has 0 radical (unpaired) electrons. The molecule has 1 aromatic carbocycles. The third kappa shape index (κ3) is 2.81. The molecule has 0 spiro atoms. The van der Waals surface area contributed by atoms with Crippen molar-refractivity contribution in [2.75, 3.05) is 33.3 Å². The van der Waals surface area contributed by atoms with Crippen LogP contribution >= 0.6 is 0 Å². The molecule has 2 saturated heterocycles. The Bertz CT molecular complexity index is 610. The van der Waals surface area contributed by atoms with Crippen LogP contribution in [0.1, 0.15) is 29.6 Å². The van der Waals surface area contributed by atoms with E-state index in [9.17, 15) is 19.4 Å². The molecule has 5 nitrogen and oxygen atoms in total. The molecule has 0 bridgehead atoms. The van der Waals surface area contributed by atoms with Crippen molar-refractivity contribution in [3.05, 3.63) is 29.6 Å². The maximum Gasteiger partial charge on any atom is 0.256 e. The number of carbonyl (C=O) groups is 1. The van der Waals surface area contributed by atoms with Crippen LogP contribution in [0.15, 0.2) is 18.2 Å². The number of phenols is 1. The van der Waals surface area contributed by atoms with E-state index >= 15 is 0 Å². The fourth-order valence-corrected chi connectivity index (χ4v) is 4.05. The topological polar surface area (TPSA) is 64.0 Å². The summed E-state index contributed by atoms with van der Waals surface area (Å²) in [6, 6.07) is 3.71. The van der Waals surface area contributed by atoms with Gasteiger partial charge in [-0.2, -0.15) is 0 Å². The molecule has 2 N–H and O–H groups in total. The Kier molecular flexibility index (Phi) is 4.29. The first-order valence-electron chi connectivity index (χ1n) is 8.06. The van der Waals surface area contributed by atoms with Crippen LogP contribution in [0.2, 0.25) is 0 Å². The second kappa shape index (κ2) is 6.09. The average Bonchev–Trinajstić information content (AvgIpc) is 2.54. The molecule has 3 rings (SSSR count). The maximum absolute atomic E-state index is 13.9. The Morgan fingerprint density at radius 1 is 1.39 bits per heavy atom. The van der Waals surface area contributed by atoms with Crippen LogP contribution in [0.25, 0.3) is 0 Å². The number of hydrogen-bond donors (Lipinski definition) is 2. The van der Waals surface area contributed by atoms with Crippen molar-refractivity contribution >= 4 is 5.91 Å². The average molecular weight is 322 g/mol. The van der Waals surface area contributed by atoms with Crippen molar-refractivity contribution in [1.82, 2.24) is 9.80 Å². The number of phenolic OH excluding ortho intramolecular Hbond substituents is 1. The number of aliphatic hydroxyl groups excluding tert-OH is 1. The lowest BCUT2D eigenvalue weighted by Gasteiger charge is -2.53. The van der Waals surface area contributed by atoms with Crippen LogP contribution in [-0.4, -0.2) is 65.3 Å². The second-order valence-corrected chi connectivity index (χ2v) is 6.79. The first-order valence-corrected chi connectivity index (χ1v) is 8.06. The monoisotopic (exact) mass is 322 g/mol. The van der Waals surface area contributed by atoms with E-state index in [1.807, 2.05) is 7.05 Å². The number of rotatable bonds is 2. The summed E-state index contributed by atoms with van der Waals surface area (Å²) in [4.78, 5) is 16.5. The van der Waals surface area contributed by atoms with Crippen LogP contribution in [0.5, 0.6) is 5.75 Å². The normalized spacial score (nSPS) is 28.5. The molecule has 2 aliphatic rings. The SMILES string of the molecule is CN1CCC[C@]2(CO)CCN(C(=O)c3ccc(O)cc3F)C[C@@H]12. The first-order chi connectivity index (χ1) is 11.0. The number of nitrogens with zero attached hydrogens (tertiary/aromatic N) is 2. The van der Waals surface area contributed by atoms with Gasteiger partial charge in [-0.15, -0.1) is 0 Å². The number of piperidine rings is 2. The lowest BCUT2D eigenvalue weighted by Crippen LogP contribution is -2.62. The summed E-state index contributed by atoms with van der Waals surface area (Å²) >= 11 is 0. The summed E-state index contributed by atoms with van der Waals surface area (Å²) in [5.74, 6) is -1.25. The zero-order valence-electron chi connectivity index (χ0n) is 13.3. The molecule has 0 saturated carbocycles. The summed E-state index contributed by atoms with van der Waals surface area (Å²) in [5.41, 5.74) is -0.171. The van der Waals surface area contributed by atoms with E-state index in [4.69, 9.17) is 0 Å². The predicted octanol–water partition coefficient (Wildman–Crippen LogP) is 1.45. The second-order valence-electron chi connectivity index (χ2n) is 6.79. The van der Waals surface area contributed by atoms with Gasteiger partial charge in [0.25, 0.3) is 5.91 Å². The van der Waals surface area contributed by atoms with Gasteiger partial charge in [-0.1, -0.05) is 0 Å². The van der Waals surface area contributed by atoms with E-state index in [1.54, 1.807) is 4.90 Å². The molecular formula is C17H23FN2O3. The number of benzene rings is 1. The molecule has 2 atom stereocenters. The fourth-order valence-electron chi connectivity index (χ4n) is 4.05. The number of amides is 1. The molecule has 2 aliphatic heterocycles. The van der Waals surface area contributed by atoms with Crippen LogP contribution < -0.4 is 0 Å². The van der Waals surface area contributed by atoms with Crippen molar-refractivity contribution in [2.24, 2.45) is 5.41 Å². The van der Waals surface area contributed by atoms with Gasteiger partial charge in [-0.05, 0) is 45.0 Å².